The van der Waals surface area contributed by atoms with E-state index >= 15 is 0 Å². The minimum absolute atomic E-state index is 0.566. The van der Waals surface area contributed by atoms with Gasteiger partial charge in [-0.3, -0.25) is 0 Å². The van der Waals surface area contributed by atoms with Crippen molar-refractivity contribution in [3.8, 4) is 22.8 Å². The molecule has 0 aliphatic carbocycles. The topological polar surface area (TPSA) is 38.9 Å². The summed E-state index contributed by atoms with van der Waals surface area (Å²) in [6, 6.07) is 16.0. The summed E-state index contributed by atoms with van der Waals surface area (Å²) in [5, 5.41) is 4.08. The number of benzene rings is 2. The van der Waals surface area contributed by atoms with Gasteiger partial charge in [-0.05, 0) is 31.0 Å². The van der Waals surface area contributed by atoms with Gasteiger partial charge in [-0.15, -0.1) is 0 Å². The van der Waals surface area contributed by atoms with Gasteiger partial charge in [0.15, 0.2) is 0 Å². The van der Waals surface area contributed by atoms with Crippen LogP contribution < -0.4 is 0 Å². The van der Waals surface area contributed by atoms with Crippen LogP contribution in [0.15, 0.2) is 53.1 Å². The summed E-state index contributed by atoms with van der Waals surface area (Å²) in [7, 11) is 0. The molecule has 0 N–H and O–H groups in total. The van der Waals surface area contributed by atoms with E-state index < -0.39 is 0 Å². The van der Waals surface area contributed by atoms with Crippen LogP contribution >= 0.6 is 0 Å². The fourth-order valence-electron chi connectivity index (χ4n) is 2.08. The Bertz CT molecular complexity index is 656. The van der Waals surface area contributed by atoms with Crippen LogP contribution in [0.5, 0.6) is 0 Å². The zero-order valence-electron chi connectivity index (χ0n) is 10.9. The highest BCUT2D eigenvalue weighted by atomic mass is 16.5. The molecule has 0 unspecified atom stereocenters. The lowest BCUT2D eigenvalue weighted by Gasteiger charge is -1.99. The second kappa shape index (κ2) is 4.69. The van der Waals surface area contributed by atoms with E-state index in [2.05, 4.69) is 10.1 Å². The van der Waals surface area contributed by atoms with Gasteiger partial charge in [-0.2, -0.15) is 4.98 Å². The molecule has 0 saturated carbocycles. The summed E-state index contributed by atoms with van der Waals surface area (Å²) in [6.07, 6.45) is 0. The van der Waals surface area contributed by atoms with E-state index in [0.29, 0.717) is 11.7 Å². The number of aryl methyl sites for hydroxylation is 2. The molecule has 94 valence electrons. The Hall–Kier alpha value is -2.42. The molecule has 0 atom stereocenters. The lowest BCUT2D eigenvalue weighted by atomic mass is 10.1. The minimum Gasteiger partial charge on any atom is -0.334 e. The number of hydrogen-bond donors (Lipinski definition) is 0. The molecule has 0 bridgehead atoms. The molecule has 2 aromatic carbocycles. The molecule has 3 rings (SSSR count). The predicted molar refractivity (Wildman–Crippen MR) is 74.6 cm³/mol. The third-order valence-electron chi connectivity index (χ3n) is 3.19. The van der Waals surface area contributed by atoms with Crippen LogP contribution in [0, 0.1) is 13.8 Å². The lowest BCUT2D eigenvalue weighted by Crippen LogP contribution is -1.85. The molecule has 0 radical (unpaired) electrons. The SMILES string of the molecule is Cc1ccccc1-c1noc(-c2ccccc2C)n1. The number of hydrogen-bond acceptors (Lipinski definition) is 3. The Morgan fingerprint density at radius 2 is 1.37 bits per heavy atom. The summed E-state index contributed by atoms with van der Waals surface area (Å²) in [5.41, 5.74) is 4.25. The minimum atomic E-state index is 0.566. The normalized spacial score (nSPS) is 10.6. The first-order chi connectivity index (χ1) is 9.25. The van der Waals surface area contributed by atoms with Gasteiger partial charge >= 0.3 is 0 Å². The Morgan fingerprint density at radius 1 is 0.789 bits per heavy atom. The molecule has 19 heavy (non-hydrogen) atoms. The summed E-state index contributed by atoms with van der Waals surface area (Å²) in [6.45, 7) is 4.08. The first-order valence-corrected chi connectivity index (χ1v) is 6.21. The maximum atomic E-state index is 5.38. The zero-order valence-corrected chi connectivity index (χ0v) is 10.9. The largest absolute Gasteiger partial charge is 0.334 e. The summed E-state index contributed by atoms with van der Waals surface area (Å²) in [4.78, 5) is 4.49. The molecule has 1 heterocycles. The molecule has 0 aliphatic heterocycles. The zero-order chi connectivity index (χ0) is 13.2. The number of nitrogens with zero attached hydrogens (tertiary/aromatic N) is 2. The van der Waals surface area contributed by atoms with Gasteiger partial charge in [0.25, 0.3) is 5.89 Å². The van der Waals surface area contributed by atoms with Crippen molar-refractivity contribution in [2.24, 2.45) is 0 Å². The van der Waals surface area contributed by atoms with Crippen molar-refractivity contribution in [3.05, 3.63) is 59.7 Å². The molecule has 0 aliphatic rings. The van der Waals surface area contributed by atoms with Crippen molar-refractivity contribution in [1.29, 1.82) is 0 Å². The monoisotopic (exact) mass is 250 g/mol. The van der Waals surface area contributed by atoms with Crippen LogP contribution in [0.1, 0.15) is 11.1 Å². The maximum absolute atomic E-state index is 5.38. The average molecular weight is 250 g/mol. The predicted octanol–water partition coefficient (Wildman–Crippen LogP) is 4.02. The van der Waals surface area contributed by atoms with E-state index in [-0.39, 0.29) is 0 Å². The van der Waals surface area contributed by atoms with E-state index in [1.807, 2.05) is 62.4 Å². The van der Waals surface area contributed by atoms with Gasteiger partial charge in [0.1, 0.15) is 0 Å². The lowest BCUT2D eigenvalue weighted by molar-refractivity contribution is 0.432. The van der Waals surface area contributed by atoms with Gasteiger partial charge in [0, 0.05) is 11.1 Å². The third-order valence-corrected chi connectivity index (χ3v) is 3.19. The van der Waals surface area contributed by atoms with E-state index in [4.69, 9.17) is 4.52 Å². The van der Waals surface area contributed by atoms with Crippen molar-refractivity contribution in [2.45, 2.75) is 13.8 Å². The quantitative estimate of drug-likeness (QED) is 0.689. The van der Waals surface area contributed by atoms with Crippen LogP contribution in [0.25, 0.3) is 22.8 Å². The summed E-state index contributed by atoms with van der Waals surface area (Å²) in [5.74, 6) is 1.20. The van der Waals surface area contributed by atoms with Crippen LogP contribution in [0.2, 0.25) is 0 Å². The van der Waals surface area contributed by atoms with E-state index in [0.717, 1.165) is 22.3 Å². The molecule has 0 saturated heterocycles. The molecule has 0 spiro atoms. The van der Waals surface area contributed by atoms with Crippen molar-refractivity contribution in [2.75, 3.05) is 0 Å². The van der Waals surface area contributed by atoms with Gasteiger partial charge < -0.3 is 4.52 Å². The van der Waals surface area contributed by atoms with Crippen LogP contribution in [0.3, 0.4) is 0 Å². The molecular weight excluding hydrogens is 236 g/mol. The highest BCUT2D eigenvalue weighted by molar-refractivity contribution is 5.64. The smallest absolute Gasteiger partial charge is 0.258 e. The third kappa shape index (κ3) is 2.15. The number of rotatable bonds is 2. The highest BCUT2D eigenvalue weighted by Gasteiger charge is 2.13. The second-order valence-electron chi connectivity index (χ2n) is 4.55. The van der Waals surface area contributed by atoms with Crippen LogP contribution in [-0.2, 0) is 0 Å². The van der Waals surface area contributed by atoms with Crippen LogP contribution in [0.4, 0.5) is 0 Å². The van der Waals surface area contributed by atoms with Gasteiger partial charge in [0.05, 0.1) is 0 Å². The molecule has 1 aromatic heterocycles. The van der Waals surface area contributed by atoms with E-state index in [9.17, 15) is 0 Å². The van der Waals surface area contributed by atoms with Crippen molar-refractivity contribution in [1.82, 2.24) is 10.1 Å². The highest BCUT2D eigenvalue weighted by Crippen LogP contribution is 2.25. The molecule has 0 amide bonds. The average Bonchev–Trinajstić information content (AvgIpc) is 2.89. The molecular formula is C16H14N2O. The Kier molecular flexibility index (Phi) is 2.88. The van der Waals surface area contributed by atoms with Crippen molar-refractivity contribution in [3.63, 3.8) is 0 Å². The molecule has 0 fully saturated rings. The summed E-state index contributed by atoms with van der Waals surface area (Å²) >= 11 is 0. The molecule has 3 heteroatoms. The van der Waals surface area contributed by atoms with Crippen molar-refractivity contribution < 1.29 is 4.52 Å². The second-order valence-corrected chi connectivity index (χ2v) is 4.55. The fourth-order valence-corrected chi connectivity index (χ4v) is 2.08. The maximum Gasteiger partial charge on any atom is 0.258 e. The Balaban J connectivity index is 2.06. The van der Waals surface area contributed by atoms with Gasteiger partial charge in [-0.1, -0.05) is 47.6 Å². The van der Waals surface area contributed by atoms with Crippen LogP contribution in [-0.4, -0.2) is 10.1 Å². The first kappa shape index (κ1) is 11.7. The summed E-state index contributed by atoms with van der Waals surface area (Å²) < 4.78 is 5.38. The van der Waals surface area contributed by atoms with Gasteiger partial charge in [-0.25, -0.2) is 0 Å². The molecule has 3 nitrogen and oxygen atoms in total. The van der Waals surface area contributed by atoms with Gasteiger partial charge in [0.2, 0.25) is 5.82 Å². The van der Waals surface area contributed by atoms with E-state index in [1.54, 1.807) is 0 Å². The Labute approximate surface area is 111 Å². The standard InChI is InChI=1S/C16H14N2O/c1-11-7-3-5-9-13(11)15-17-16(19-18-15)14-10-6-4-8-12(14)2/h3-10H,1-2H3. The first-order valence-electron chi connectivity index (χ1n) is 6.21. The fraction of sp³-hybridized carbons (Fsp3) is 0.125. The number of aromatic nitrogens is 2. The molecule has 3 aromatic rings. The van der Waals surface area contributed by atoms with Crippen molar-refractivity contribution >= 4 is 0 Å². The van der Waals surface area contributed by atoms with E-state index in [1.165, 1.54) is 0 Å². The Morgan fingerprint density at radius 3 is 2.00 bits per heavy atom.